The lowest BCUT2D eigenvalue weighted by Crippen LogP contribution is -2.27. The molecule has 0 saturated carbocycles. The molecule has 0 saturated heterocycles. The van der Waals surface area contributed by atoms with E-state index < -0.39 is 5.82 Å². The molecule has 0 aromatic heterocycles. The molecule has 1 heterocycles. The Labute approximate surface area is 99.6 Å². The van der Waals surface area contributed by atoms with Gasteiger partial charge in [0.1, 0.15) is 11.5 Å². The summed E-state index contributed by atoms with van der Waals surface area (Å²) in [6, 6.07) is 4.83. The molecule has 92 valence electrons. The van der Waals surface area contributed by atoms with Crippen molar-refractivity contribution in [3.05, 3.63) is 24.0 Å². The molecule has 1 aliphatic rings. The van der Waals surface area contributed by atoms with Crippen LogP contribution in [0.25, 0.3) is 0 Å². The molecule has 0 aliphatic carbocycles. The molecule has 1 amide bonds. The van der Waals surface area contributed by atoms with Crippen molar-refractivity contribution in [2.45, 2.75) is 12.8 Å². The van der Waals surface area contributed by atoms with E-state index in [1.165, 1.54) is 6.07 Å². The first-order chi connectivity index (χ1) is 8.22. The molecule has 0 bridgehead atoms. The maximum Gasteiger partial charge on any atom is 0.226 e. The first-order valence-corrected chi connectivity index (χ1v) is 5.75. The Hall–Kier alpha value is -1.62. The standard InChI is InChI=1S/C12H16FN3O/c13-9-3-1-4-10-12(9)15-11(17)5-8-16(10)7-2-6-14/h1,3-4H,2,5-8,14H2,(H,15,17). The van der Waals surface area contributed by atoms with Gasteiger partial charge in [-0.1, -0.05) is 6.07 Å². The SMILES string of the molecule is NCCCN1CCC(=O)Nc2c(F)cccc21. The summed E-state index contributed by atoms with van der Waals surface area (Å²) >= 11 is 0. The van der Waals surface area contributed by atoms with Crippen LogP contribution < -0.4 is 16.0 Å². The number of nitrogens with zero attached hydrogens (tertiary/aromatic N) is 1. The maximum absolute atomic E-state index is 13.7. The zero-order chi connectivity index (χ0) is 12.3. The third-order valence-electron chi connectivity index (χ3n) is 2.84. The predicted octanol–water partition coefficient (Wildman–Crippen LogP) is 1.32. The number of fused-ring (bicyclic) bond motifs is 1. The molecule has 1 aromatic carbocycles. The first-order valence-electron chi connectivity index (χ1n) is 5.75. The quantitative estimate of drug-likeness (QED) is 0.833. The number of halogens is 1. The molecule has 5 heteroatoms. The van der Waals surface area contributed by atoms with Gasteiger partial charge in [0, 0.05) is 19.5 Å². The summed E-state index contributed by atoms with van der Waals surface area (Å²) in [6.07, 6.45) is 1.20. The molecule has 1 aliphatic heterocycles. The van der Waals surface area contributed by atoms with Crippen LogP contribution >= 0.6 is 0 Å². The van der Waals surface area contributed by atoms with Gasteiger partial charge in [-0.2, -0.15) is 0 Å². The zero-order valence-corrected chi connectivity index (χ0v) is 9.58. The Kier molecular flexibility index (Phi) is 3.58. The van der Waals surface area contributed by atoms with Crippen LogP contribution in [0.2, 0.25) is 0 Å². The van der Waals surface area contributed by atoms with Crippen LogP contribution in [-0.2, 0) is 4.79 Å². The zero-order valence-electron chi connectivity index (χ0n) is 9.58. The number of anilines is 2. The summed E-state index contributed by atoms with van der Waals surface area (Å²) in [6.45, 7) is 1.92. The number of carbonyl (C=O) groups is 1. The summed E-state index contributed by atoms with van der Waals surface area (Å²) in [5.74, 6) is -0.540. The highest BCUT2D eigenvalue weighted by Crippen LogP contribution is 2.31. The topological polar surface area (TPSA) is 58.4 Å². The fourth-order valence-corrected chi connectivity index (χ4v) is 1.97. The second kappa shape index (κ2) is 5.14. The van der Waals surface area contributed by atoms with Gasteiger partial charge in [-0.05, 0) is 25.1 Å². The minimum Gasteiger partial charge on any atom is -0.369 e. The molecule has 4 nitrogen and oxygen atoms in total. The third kappa shape index (κ3) is 2.55. The molecule has 0 fully saturated rings. The van der Waals surface area contributed by atoms with Crippen molar-refractivity contribution in [1.29, 1.82) is 0 Å². The number of para-hydroxylation sites is 1. The molecular formula is C12H16FN3O. The molecule has 0 atom stereocenters. The number of hydrogen-bond acceptors (Lipinski definition) is 3. The maximum atomic E-state index is 13.7. The number of nitrogens with one attached hydrogen (secondary N) is 1. The second-order valence-electron chi connectivity index (χ2n) is 4.06. The highest BCUT2D eigenvalue weighted by molar-refractivity contribution is 5.96. The molecule has 0 radical (unpaired) electrons. The number of carbonyl (C=O) groups excluding carboxylic acids is 1. The van der Waals surface area contributed by atoms with Crippen LogP contribution in [0, 0.1) is 5.82 Å². The molecule has 0 unspecified atom stereocenters. The second-order valence-corrected chi connectivity index (χ2v) is 4.06. The van der Waals surface area contributed by atoms with Crippen LogP contribution in [-0.4, -0.2) is 25.5 Å². The average molecular weight is 237 g/mol. The van der Waals surface area contributed by atoms with E-state index in [4.69, 9.17) is 5.73 Å². The van der Waals surface area contributed by atoms with E-state index in [9.17, 15) is 9.18 Å². The molecular weight excluding hydrogens is 221 g/mol. The van der Waals surface area contributed by atoms with Gasteiger partial charge in [-0.15, -0.1) is 0 Å². The minimum absolute atomic E-state index is 0.147. The number of hydrogen-bond donors (Lipinski definition) is 2. The van der Waals surface area contributed by atoms with Crippen molar-refractivity contribution in [2.75, 3.05) is 29.9 Å². The average Bonchev–Trinajstić information content (AvgIpc) is 2.47. The molecule has 17 heavy (non-hydrogen) atoms. The summed E-state index contributed by atoms with van der Waals surface area (Å²) < 4.78 is 13.7. The van der Waals surface area contributed by atoms with Crippen molar-refractivity contribution >= 4 is 17.3 Å². The lowest BCUT2D eigenvalue weighted by Gasteiger charge is -2.23. The largest absolute Gasteiger partial charge is 0.369 e. The van der Waals surface area contributed by atoms with Crippen LogP contribution in [0.1, 0.15) is 12.8 Å². The molecule has 3 N–H and O–H groups in total. The van der Waals surface area contributed by atoms with Crippen LogP contribution in [0.3, 0.4) is 0 Å². The molecule has 0 spiro atoms. The number of benzene rings is 1. The Balaban J connectivity index is 2.32. The van der Waals surface area contributed by atoms with Gasteiger partial charge >= 0.3 is 0 Å². The van der Waals surface area contributed by atoms with Gasteiger partial charge in [0.2, 0.25) is 5.91 Å². The van der Waals surface area contributed by atoms with Crippen LogP contribution in [0.15, 0.2) is 18.2 Å². The smallest absolute Gasteiger partial charge is 0.226 e. The van der Waals surface area contributed by atoms with Gasteiger partial charge in [0.15, 0.2) is 0 Å². The van der Waals surface area contributed by atoms with Gasteiger partial charge < -0.3 is 16.0 Å². The van der Waals surface area contributed by atoms with Gasteiger partial charge in [-0.3, -0.25) is 4.79 Å². The predicted molar refractivity (Wildman–Crippen MR) is 65.5 cm³/mol. The van der Waals surface area contributed by atoms with E-state index in [0.717, 1.165) is 18.7 Å². The van der Waals surface area contributed by atoms with Crippen molar-refractivity contribution < 1.29 is 9.18 Å². The van der Waals surface area contributed by atoms with E-state index in [-0.39, 0.29) is 11.6 Å². The highest BCUT2D eigenvalue weighted by atomic mass is 19.1. The summed E-state index contributed by atoms with van der Waals surface area (Å²) in [5.41, 5.74) is 6.50. The monoisotopic (exact) mass is 237 g/mol. The van der Waals surface area contributed by atoms with Gasteiger partial charge in [0.25, 0.3) is 0 Å². The number of amides is 1. The lowest BCUT2D eigenvalue weighted by atomic mass is 10.2. The van der Waals surface area contributed by atoms with Crippen molar-refractivity contribution in [2.24, 2.45) is 5.73 Å². The van der Waals surface area contributed by atoms with Gasteiger partial charge in [0.05, 0.1) is 5.69 Å². The van der Waals surface area contributed by atoms with Crippen LogP contribution in [0.4, 0.5) is 15.8 Å². The summed E-state index contributed by atoms with van der Waals surface area (Å²) in [4.78, 5) is 13.5. The van der Waals surface area contributed by atoms with E-state index in [1.54, 1.807) is 6.07 Å². The van der Waals surface area contributed by atoms with E-state index in [1.807, 2.05) is 11.0 Å². The van der Waals surface area contributed by atoms with Crippen molar-refractivity contribution in [3.63, 3.8) is 0 Å². The Morgan fingerprint density at radius 1 is 1.47 bits per heavy atom. The lowest BCUT2D eigenvalue weighted by molar-refractivity contribution is -0.116. The molecule has 1 aromatic rings. The highest BCUT2D eigenvalue weighted by Gasteiger charge is 2.20. The summed E-state index contributed by atoms with van der Waals surface area (Å²) in [7, 11) is 0. The van der Waals surface area contributed by atoms with E-state index in [2.05, 4.69) is 5.32 Å². The van der Waals surface area contributed by atoms with E-state index >= 15 is 0 Å². The van der Waals surface area contributed by atoms with Crippen molar-refractivity contribution in [1.82, 2.24) is 0 Å². The Morgan fingerprint density at radius 2 is 2.29 bits per heavy atom. The van der Waals surface area contributed by atoms with Gasteiger partial charge in [-0.25, -0.2) is 4.39 Å². The molecule has 2 rings (SSSR count). The van der Waals surface area contributed by atoms with Crippen molar-refractivity contribution in [3.8, 4) is 0 Å². The third-order valence-corrected chi connectivity index (χ3v) is 2.84. The Morgan fingerprint density at radius 3 is 3.06 bits per heavy atom. The van der Waals surface area contributed by atoms with E-state index in [0.29, 0.717) is 19.5 Å². The van der Waals surface area contributed by atoms with Crippen LogP contribution in [0.5, 0.6) is 0 Å². The minimum atomic E-state index is -0.393. The summed E-state index contributed by atoms with van der Waals surface area (Å²) in [5, 5.41) is 2.61. The number of nitrogens with two attached hydrogens (primary N) is 1. The fraction of sp³-hybridized carbons (Fsp3) is 0.417. The number of rotatable bonds is 3. The Bertz CT molecular complexity index is 422. The normalized spacial score (nSPS) is 15.2. The first kappa shape index (κ1) is 11.9. The fourth-order valence-electron chi connectivity index (χ4n) is 1.97.